The summed E-state index contributed by atoms with van der Waals surface area (Å²) in [5.41, 5.74) is 13.0. The van der Waals surface area contributed by atoms with Gasteiger partial charge in [0.05, 0.1) is 0 Å². The molecule has 0 radical (unpaired) electrons. The van der Waals surface area contributed by atoms with E-state index in [2.05, 4.69) is 129 Å². The second-order valence-corrected chi connectivity index (χ2v) is 34.1. The molecular weight excluding hydrogens is 739 g/mol. The van der Waals surface area contributed by atoms with E-state index in [0.29, 0.717) is 11.3 Å². The molecule has 4 saturated carbocycles. The van der Waals surface area contributed by atoms with Gasteiger partial charge in [0.25, 0.3) is 0 Å². The third-order valence-electron chi connectivity index (χ3n) is 14.8. The van der Waals surface area contributed by atoms with Gasteiger partial charge in [-0.3, -0.25) is 0 Å². The molecule has 3 heteroatoms. The van der Waals surface area contributed by atoms with Crippen molar-refractivity contribution in [1.82, 2.24) is 0 Å². The summed E-state index contributed by atoms with van der Waals surface area (Å²) in [5, 5.41) is 0. The molecule has 1 atom stereocenters. The van der Waals surface area contributed by atoms with E-state index >= 15 is 0 Å². The molecule has 0 heterocycles. The second kappa shape index (κ2) is 13.1. The first-order valence-corrected chi connectivity index (χ1v) is 27.0. The third-order valence-corrected chi connectivity index (χ3v) is 32.5. The molecule has 0 aromatic heterocycles. The summed E-state index contributed by atoms with van der Waals surface area (Å²) in [4.78, 5) is 0. The zero-order valence-corrected chi connectivity index (χ0v) is 37.1. The van der Waals surface area contributed by atoms with Crippen LogP contribution in [0, 0.1) is 29.1 Å². The Balaban J connectivity index is 0.00000224. The molecule has 4 bridgehead atoms. The summed E-state index contributed by atoms with van der Waals surface area (Å²) in [6, 6.07) is 24.2. The van der Waals surface area contributed by atoms with E-state index in [9.17, 15) is 0 Å². The Hall–Kier alpha value is -1.53. The molecule has 3 aromatic carbocycles. The first kappa shape index (κ1) is 39.2. The Bertz CT molecular complexity index is 1940. The molecule has 9 rings (SSSR count). The monoisotopic (exact) mass is 800 g/mol. The number of hydrogen-bond donors (Lipinski definition) is 0. The number of benzene rings is 3. The van der Waals surface area contributed by atoms with Gasteiger partial charge in [0.15, 0.2) is 0 Å². The first-order valence-electron chi connectivity index (χ1n) is 19.9. The molecule has 0 saturated heterocycles. The number of fused-ring (bicyclic) bond motifs is 3. The Morgan fingerprint density at radius 2 is 1.37 bits per heavy atom. The van der Waals surface area contributed by atoms with E-state index in [1.54, 1.807) is 32.1 Å². The molecule has 4 fully saturated rings. The van der Waals surface area contributed by atoms with E-state index < -0.39 is 18.3 Å². The van der Waals surface area contributed by atoms with Gasteiger partial charge < -0.3 is 0 Å². The minimum absolute atomic E-state index is 0. The topological polar surface area (TPSA) is 0 Å². The van der Waals surface area contributed by atoms with Gasteiger partial charge in [-0.2, -0.15) is 0 Å². The standard InChI is InChI=1S/C21H25.C18H25.C6H5.C2H5.CH2.2ClH.Zr/c1-20(2,3)16-7-9-18-14(12-16)11-15-13-17(21(4,5)6)8-10-19(15)18;1-12-3-13(2)17(4-12)11-18-8-14-5-15(9-18)7-16(6-14)10-18;1-2-4-6-5-3-1;1-2;;;;/h7-10,12H,11H2,1-6H3;4,12,14-16H,5-11H2,1-2H3;1-5H;1H2,2H3;1H2;2*1H;. The molecule has 0 aliphatic heterocycles. The zero-order chi connectivity index (χ0) is 34.7. The summed E-state index contributed by atoms with van der Waals surface area (Å²) in [6.45, 7) is 22.0. The predicted octanol–water partition coefficient (Wildman–Crippen LogP) is 12.7. The van der Waals surface area contributed by atoms with Crippen molar-refractivity contribution in [1.29, 1.82) is 0 Å². The first-order chi connectivity index (χ1) is 23.0. The molecular formula is C48H64Cl2Zr. The number of allylic oxidation sites excluding steroid dienone is 4. The van der Waals surface area contributed by atoms with Crippen LogP contribution < -0.4 is 6.54 Å². The quantitative estimate of drug-likeness (QED) is 0.182. The molecule has 274 valence electrons. The van der Waals surface area contributed by atoms with Crippen molar-refractivity contribution < 1.29 is 18.3 Å². The number of rotatable bonds is 6. The van der Waals surface area contributed by atoms with Crippen LogP contribution in [-0.4, -0.2) is 4.21 Å². The van der Waals surface area contributed by atoms with Crippen LogP contribution in [0.5, 0.6) is 0 Å². The van der Waals surface area contributed by atoms with Crippen LogP contribution in [-0.2, 0) is 35.5 Å². The van der Waals surface area contributed by atoms with Crippen molar-refractivity contribution in [3.05, 3.63) is 103 Å². The summed E-state index contributed by atoms with van der Waals surface area (Å²) < 4.78 is 12.0. The molecule has 3 aromatic rings. The maximum atomic E-state index is 5.89. The molecule has 51 heavy (non-hydrogen) atoms. The molecule has 0 N–H and O–H groups in total. The fourth-order valence-electron chi connectivity index (χ4n) is 13.0. The Morgan fingerprint density at radius 1 is 0.784 bits per heavy atom. The van der Waals surface area contributed by atoms with Gasteiger partial charge in [-0.15, -0.1) is 24.8 Å². The SMILES string of the molecule is Cl.Cl.[CH2]=[Zr]([CH2]C)([C]1=C(C)C(CC23CC4CC(CC(C4)C2)C3)=CC1C)([c]1ccccc1)[c]1c(C(C)(C)C)ccc2c1Cc1cc(C(C)(C)C)ccc1-2. The van der Waals surface area contributed by atoms with Crippen LogP contribution in [0.4, 0.5) is 0 Å². The predicted molar refractivity (Wildman–Crippen MR) is 225 cm³/mol. The third kappa shape index (κ3) is 5.97. The van der Waals surface area contributed by atoms with Gasteiger partial charge in [-0.05, 0) is 0 Å². The van der Waals surface area contributed by atoms with Gasteiger partial charge in [0.1, 0.15) is 0 Å². The van der Waals surface area contributed by atoms with Crippen molar-refractivity contribution in [2.75, 3.05) is 0 Å². The summed E-state index contributed by atoms with van der Waals surface area (Å²) in [7, 11) is 0. The zero-order valence-electron chi connectivity index (χ0n) is 33.0. The number of halogens is 2. The number of hydrogen-bond acceptors (Lipinski definition) is 0. The fraction of sp³-hybridized carbons (Fsp3) is 0.521. The summed E-state index contributed by atoms with van der Waals surface area (Å²) >= 11 is -4.58. The van der Waals surface area contributed by atoms with E-state index in [1.165, 1.54) is 67.2 Å². The molecule has 1 unspecified atom stereocenters. The van der Waals surface area contributed by atoms with E-state index in [1.807, 2.05) is 0 Å². The molecule has 0 nitrogen and oxygen atoms in total. The van der Waals surface area contributed by atoms with E-state index in [4.69, 9.17) is 4.21 Å². The minimum atomic E-state index is -4.58. The summed E-state index contributed by atoms with van der Waals surface area (Å²) in [5.74, 6) is 3.41. The Morgan fingerprint density at radius 3 is 1.92 bits per heavy atom. The van der Waals surface area contributed by atoms with Crippen LogP contribution in [0.15, 0.2) is 81.2 Å². The van der Waals surface area contributed by atoms with Crippen molar-refractivity contribution in [3.8, 4) is 11.1 Å². The normalized spacial score (nSPS) is 26.7. The van der Waals surface area contributed by atoms with Crippen molar-refractivity contribution in [2.24, 2.45) is 29.1 Å². The van der Waals surface area contributed by atoms with Crippen LogP contribution in [0.2, 0.25) is 4.13 Å². The van der Waals surface area contributed by atoms with Gasteiger partial charge in [0, 0.05) is 0 Å². The van der Waals surface area contributed by atoms with Crippen molar-refractivity contribution in [3.63, 3.8) is 0 Å². The van der Waals surface area contributed by atoms with Crippen molar-refractivity contribution >= 4 is 35.6 Å². The average molecular weight is 803 g/mol. The molecule has 0 amide bonds. The molecule has 6 aliphatic carbocycles. The van der Waals surface area contributed by atoms with Gasteiger partial charge in [-0.25, -0.2) is 0 Å². The Labute approximate surface area is 323 Å². The molecule has 0 spiro atoms. The summed E-state index contributed by atoms with van der Waals surface area (Å²) in [6.07, 6.45) is 14.1. The Kier molecular flexibility index (Phi) is 10.0. The second-order valence-electron chi connectivity index (χ2n) is 20.1. The van der Waals surface area contributed by atoms with E-state index in [0.717, 1.165) is 28.3 Å². The average Bonchev–Trinajstić information content (AvgIpc) is 3.54. The van der Waals surface area contributed by atoms with Crippen LogP contribution in [0.3, 0.4) is 0 Å². The fourth-order valence-corrected chi connectivity index (χ4v) is 31.0. The van der Waals surface area contributed by atoms with Crippen LogP contribution in [0.25, 0.3) is 11.1 Å². The van der Waals surface area contributed by atoms with Crippen LogP contribution in [0.1, 0.15) is 130 Å². The molecule has 6 aliphatic rings. The van der Waals surface area contributed by atoms with Gasteiger partial charge >= 0.3 is 301 Å². The van der Waals surface area contributed by atoms with E-state index in [-0.39, 0.29) is 35.6 Å². The van der Waals surface area contributed by atoms with Crippen molar-refractivity contribution in [2.45, 2.75) is 129 Å². The van der Waals surface area contributed by atoms with Gasteiger partial charge in [-0.1, -0.05) is 0 Å². The maximum absolute atomic E-state index is 5.89. The van der Waals surface area contributed by atoms with Gasteiger partial charge in [0.2, 0.25) is 0 Å². The van der Waals surface area contributed by atoms with Crippen LogP contribution >= 0.6 is 24.8 Å².